The number of benzene rings is 1. The second-order valence-corrected chi connectivity index (χ2v) is 3.98. The summed E-state index contributed by atoms with van der Waals surface area (Å²) in [5, 5.41) is 2.20. The van der Waals surface area contributed by atoms with Crippen LogP contribution in [0.15, 0.2) is 24.3 Å². The van der Waals surface area contributed by atoms with Gasteiger partial charge in [0, 0.05) is 3.57 Å². The molecule has 1 aromatic carbocycles. The Labute approximate surface area is 98.0 Å². The molecule has 2 nitrogen and oxygen atoms in total. The third kappa shape index (κ3) is 4.50. The summed E-state index contributed by atoms with van der Waals surface area (Å²) >= 11 is 1.94. The lowest BCUT2D eigenvalue weighted by Gasteiger charge is -2.08. The molecule has 0 aliphatic carbocycles. The monoisotopic (exact) mass is 329 g/mol. The average Bonchev–Trinajstić information content (AvgIpc) is 2.05. The SMILES string of the molecule is O=C(CC(F)(F)F)Nc1ccccc1I. The van der Waals surface area contributed by atoms with Gasteiger partial charge in [-0.05, 0) is 34.7 Å². The molecule has 0 unspecified atom stereocenters. The molecule has 1 rings (SSSR count). The van der Waals surface area contributed by atoms with E-state index in [2.05, 4.69) is 5.32 Å². The quantitative estimate of drug-likeness (QED) is 0.830. The van der Waals surface area contributed by atoms with E-state index >= 15 is 0 Å². The predicted octanol–water partition coefficient (Wildman–Crippen LogP) is 3.18. The average molecular weight is 329 g/mol. The van der Waals surface area contributed by atoms with Crippen molar-refractivity contribution in [3.63, 3.8) is 0 Å². The van der Waals surface area contributed by atoms with Gasteiger partial charge in [-0.2, -0.15) is 13.2 Å². The first-order valence-electron chi connectivity index (χ1n) is 3.99. The smallest absolute Gasteiger partial charge is 0.325 e. The number of carbonyl (C=O) groups excluding carboxylic acids is 1. The molecule has 0 fully saturated rings. The summed E-state index contributed by atoms with van der Waals surface area (Å²) in [6, 6.07) is 6.63. The van der Waals surface area contributed by atoms with Crippen LogP contribution in [0.25, 0.3) is 0 Å². The minimum Gasteiger partial charge on any atom is -0.325 e. The van der Waals surface area contributed by atoms with E-state index < -0.39 is 18.5 Å². The maximum Gasteiger partial charge on any atom is 0.397 e. The maximum atomic E-state index is 11.8. The zero-order valence-corrected chi connectivity index (χ0v) is 9.59. The number of nitrogens with one attached hydrogen (secondary N) is 1. The second-order valence-electron chi connectivity index (χ2n) is 2.82. The normalized spacial score (nSPS) is 11.2. The van der Waals surface area contributed by atoms with Gasteiger partial charge in [0.2, 0.25) is 5.91 Å². The first kappa shape index (κ1) is 12.3. The topological polar surface area (TPSA) is 29.1 Å². The Morgan fingerprint density at radius 1 is 1.33 bits per heavy atom. The number of rotatable bonds is 2. The van der Waals surface area contributed by atoms with Crippen LogP contribution in [0.3, 0.4) is 0 Å². The number of hydrogen-bond acceptors (Lipinski definition) is 1. The van der Waals surface area contributed by atoms with Gasteiger partial charge in [0.15, 0.2) is 0 Å². The van der Waals surface area contributed by atoms with Crippen LogP contribution in [-0.2, 0) is 4.79 Å². The van der Waals surface area contributed by atoms with Crippen LogP contribution in [0.4, 0.5) is 18.9 Å². The van der Waals surface area contributed by atoms with Gasteiger partial charge in [-0.3, -0.25) is 4.79 Å². The Bertz CT molecular complexity index is 365. The third-order valence-electron chi connectivity index (χ3n) is 1.51. The minimum atomic E-state index is -4.47. The summed E-state index contributed by atoms with van der Waals surface area (Å²) < 4.78 is 36.2. The van der Waals surface area contributed by atoms with Crippen molar-refractivity contribution in [3.05, 3.63) is 27.8 Å². The zero-order chi connectivity index (χ0) is 11.5. The summed E-state index contributed by atoms with van der Waals surface area (Å²) in [6.45, 7) is 0. The van der Waals surface area contributed by atoms with Crippen LogP contribution in [0.5, 0.6) is 0 Å². The Kier molecular flexibility index (Phi) is 3.95. The molecule has 1 N–H and O–H groups in total. The molecule has 0 spiro atoms. The van der Waals surface area contributed by atoms with Crippen LogP contribution in [0, 0.1) is 3.57 Å². The van der Waals surface area contributed by atoms with Crippen molar-refractivity contribution < 1.29 is 18.0 Å². The first-order chi connectivity index (χ1) is 6.88. The van der Waals surface area contributed by atoms with E-state index in [-0.39, 0.29) is 0 Å². The molecule has 0 atom stereocenters. The fourth-order valence-corrected chi connectivity index (χ4v) is 1.46. The number of alkyl halides is 3. The Morgan fingerprint density at radius 2 is 1.93 bits per heavy atom. The minimum absolute atomic E-state index is 0.396. The van der Waals surface area contributed by atoms with Gasteiger partial charge < -0.3 is 5.32 Å². The largest absolute Gasteiger partial charge is 0.397 e. The van der Waals surface area contributed by atoms with Gasteiger partial charge in [-0.1, -0.05) is 12.1 Å². The molecule has 82 valence electrons. The highest BCUT2D eigenvalue weighted by Crippen LogP contribution is 2.22. The molecular weight excluding hydrogens is 322 g/mol. The van der Waals surface area contributed by atoms with E-state index in [9.17, 15) is 18.0 Å². The van der Waals surface area contributed by atoms with Crippen molar-refractivity contribution >= 4 is 34.2 Å². The molecule has 6 heteroatoms. The molecule has 0 aliphatic rings. The molecule has 0 saturated carbocycles. The second kappa shape index (κ2) is 4.82. The third-order valence-corrected chi connectivity index (χ3v) is 2.45. The molecule has 0 heterocycles. The molecule has 0 radical (unpaired) electrons. The van der Waals surface area contributed by atoms with Crippen molar-refractivity contribution in [2.24, 2.45) is 0 Å². The molecule has 0 aromatic heterocycles. The van der Waals surface area contributed by atoms with Crippen LogP contribution in [0.2, 0.25) is 0 Å². The highest BCUT2D eigenvalue weighted by atomic mass is 127. The first-order valence-corrected chi connectivity index (χ1v) is 5.07. The van der Waals surface area contributed by atoms with E-state index in [0.29, 0.717) is 9.26 Å². The lowest BCUT2D eigenvalue weighted by atomic mass is 10.3. The van der Waals surface area contributed by atoms with E-state index in [1.165, 1.54) is 0 Å². The van der Waals surface area contributed by atoms with Gasteiger partial charge in [-0.25, -0.2) is 0 Å². The number of carbonyl (C=O) groups is 1. The molecule has 15 heavy (non-hydrogen) atoms. The number of halogens is 4. The highest BCUT2D eigenvalue weighted by Gasteiger charge is 2.31. The molecule has 0 saturated heterocycles. The summed E-state index contributed by atoms with van der Waals surface area (Å²) in [6.07, 6.45) is -5.93. The summed E-state index contributed by atoms with van der Waals surface area (Å²) in [4.78, 5) is 10.9. The fraction of sp³-hybridized carbons (Fsp3) is 0.222. The van der Waals surface area contributed by atoms with Gasteiger partial charge >= 0.3 is 6.18 Å². The van der Waals surface area contributed by atoms with Gasteiger partial charge in [0.25, 0.3) is 0 Å². The molecule has 0 bridgehead atoms. The Morgan fingerprint density at radius 3 is 2.47 bits per heavy atom. The van der Waals surface area contributed by atoms with E-state index in [4.69, 9.17) is 0 Å². The van der Waals surface area contributed by atoms with Crippen molar-refractivity contribution in [2.75, 3.05) is 5.32 Å². The molecule has 0 aliphatic heterocycles. The molecule has 1 aromatic rings. The lowest BCUT2D eigenvalue weighted by Crippen LogP contribution is -2.21. The predicted molar refractivity (Wildman–Crippen MR) is 58.5 cm³/mol. The lowest BCUT2D eigenvalue weighted by molar-refractivity contribution is -0.150. The number of hydrogen-bond donors (Lipinski definition) is 1. The van der Waals surface area contributed by atoms with Crippen LogP contribution < -0.4 is 5.32 Å². The van der Waals surface area contributed by atoms with Crippen LogP contribution >= 0.6 is 22.6 Å². The van der Waals surface area contributed by atoms with E-state index in [1.54, 1.807) is 24.3 Å². The zero-order valence-electron chi connectivity index (χ0n) is 7.44. The maximum absolute atomic E-state index is 11.8. The summed E-state index contributed by atoms with van der Waals surface area (Å²) in [7, 11) is 0. The van der Waals surface area contributed by atoms with Crippen LogP contribution in [-0.4, -0.2) is 12.1 Å². The Balaban J connectivity index is 2.64. The Hall–Kier alpha value is -0.790. The van der Waals surface area contributed by atoms with Gasteiger partial charge in [0.1, 0.15) is 6.42 Å². The van der Waals surface area contributed by atoms with Crippen LogP contribution in [0.1, 0.15) is 6.42 Å². The van der Waals surface area contributed by atoms with Crippen molar-refractivity contribution in [1.29, 1.82) is 0 Å². The number of amides is 1. The van der Waals surface area contributed by atoms with Crippen molar-refractivity contribution in [2.45, 2.75) is 12.6 Å². The van der Waals surface area contributed by atoms with Gasteiger partial charge in [-0.15, -0.1) is 0 Å². The standard InChI is InChI=1S/C9H7F3INO/c10-9(11,12)5-8(15)14-7-4-2-1-3-6(7)13/h1-4H,5H2,(H,14,15). The van der Waals surface area contributed by atoms with E-state index in [1.807, 2.05) is 22.6 Å². The summed E-state index contributed by atoms with van der Waals surface area (Å²) in [5.74, 6) is -1.05. The van der Waals surface area contributed by atoms with E-state index in [0.717, 1.165) is 0 Å². The molecule has 1 amide bonds. The van der Waals surface area contributed by atoms with Crippen molar-refractivity contribution in [1.82, 2.24) is 0 Å². The van der Waals surface area contributed by atoms with Gasteiger partial charge in [0.05, 0.1) is 5.69 Å². The number of anilines is 1. The fourth-order valence-electron chi connectivity index (χ4n) is 0.939. The number of para-hydroxylation sites is 1. The molecular formula is C9H7F3INO. The summed E-state index contributed by atoms with van der Waals surface area (Å²) in [5.41, 5.74) is 0.396. The highest BCUT2D eigenvalue weighted by molar-refractivity contribution is 14.1. The van der Waals surface area contributed by atoms with Crippen molar-refractivity contribution in [3.8, 4) is 0 Å².